The number of rotatable bonds is 10. The molecule has 0 aliphatic heterocycles. The Kier molecular flexibility index (Phi) is 8.95. The van der Waals surface area contributed by atoms with E-state index >= 15 is 0 Å². The van der Waals surface area contributed by atoms with Crippen LogP contribution in [0.4, 0.5) is 0 Å². The van der Waals surface area contributed by atoms with Crippen molar-refractivity contribution in [3.05, 3.63) is 80.9 Å². The Morgan fingerprint density at radius 1 is 1.11 bits per heavy atom. The largest absolute Gasteiger partial charge is 0.497 e. The maximum atomic E-state index is 12.6. The molecule has 0 spiro atoms. The van der Waals surface area contributed by atoms with E-state index in [4.69, 9.17) is 32.7 Å². The lowest BCUT2D eigenvalue weighted by Crippen LogP contribution is -2.12. The minimum absolute atomic E-state index is 0.119. The maximum Gasteiger partial charge on any atom is 0.340 e. The third-order valence-corrected chi connectivity index (χ3v) is 6.18. The fraction of sp³-hybridized carbons (Fsp3) is 0.269. The molecule has 7 nitrogen and oxygen atoms in total. The molecular weight excluding hydrogens is 491 g/mol. The molecule has 0 bridgehead atoms. The van der Waals surface area contributed by atoms with Crippen LogP contribution in [0.1, 0.15) is 47.2 Å². The van der Waals surface area contributed by atoms with Gasteiger partial charge in [0, 0.05) is 18.4 Å². The molecule has 9 heteroatoms. The monoisotopic (exact) mass is 516 g/mol. The number of aliphatic carboxylic acids is 1. The van der Waals surface area contributed by atoms with E-state index in [1.54, 1.807) is 53.2 Å². The van der Waals surface area contributed by atoms with Gasteiger partial charge in [0.15, 0.2) is 0 Å². The number of ether oxygens (including phenoxy) is 2. The van der Waals surface area contributed by atoms with Crippen molar-refractivity contribution in [1.82, 2.24) is 9.55 Å². The molecule has 0 unspecified atom stereocenters. The van der Waals surface area contributed by atoms with E-state index in [9.17, 15) is 14.7 Å². The summed E-state index contributed by atoms with van der Waals surface area (Å²) in [6, 6.07) is 10.1. The molecule has 3 aromatic rings. The normalized spacial score (nSPS) is 11.4. The Labute approximate surface area is 213 Å². The van der Waals surface area contributed by atoms with Crippen LogP contribution in [-0.4, -0.2) is 40.8 Å². The number of carboxylic acids is 1. The van der Waals surface area contributed by atoms with Gasteiger partial charge in [-0.3, -0.25) is 4.57 Å². The first-order valence-electron chi connectivity index (χ1n) is 11.0. The number of methoxy groups -OCH3 is 2. The summed E-state index contributed by atoms with van der Waals surface area (Å²) in [4.78, 5) is 29.3. The molecule has 1 aromatic heterocycles. The molecule has 35 heavy (non-hydrogen) atoms. The molecule has 0 saturated heterocycles. The Morgan fingerprint density at radius 2 is 1.89 bits per heavy atom. The molecule has 0 fully saturated rings. The average Bonchev–Trinajstić information content (AvgIpc) is 3.25. The van der Waals surface area contributed by atoms with Crippen LogP contribution in [0.3, 0.4) is 0 Å². The van der Waals surface area contributed by atoms with Crippen LogP contribution >= 0.6 is 23.2 Å². The zero-order valence-corrected chi connectivity index (χ0v) is 21.2. The van der Waals surface area contributed by atoms with E-state index in [0.717, 1.165) is 12.8 Å². The molecule has 0 aliphatic rings. The van der Waals surface area contributed by atoms with Gasteiger partial charge in [-0.15, -0.1) is 0 Å². The highest BCUT2D eigenvalue weighted by Gasteiger charge is 2.20. The van der Waals surface area contributed by atoms with Gasteiger partial charge in [-0.1, -0.05) is 42.6 Å². The van der Waals surface area contributed by atoms with Crippen molar-refractivity contribution in [3.63, 3.8) is 0 Å². The molecule has 0 amide bonds. The lowest BCUT2D eigenvalue weighted by atomic mass is 10.0. The van der Waals surface area contributed by atoms with Gasteiger partial charge < -0.3 is 14.6 Å². The third kappa shape index (κ3) is 6.24. The van der Waals surface area contributed by atoms with Crippen LogP contribution in [-0.2, 0) is 22.4 Å². The average molecular weight is 517 g/mol. The van der Waals surface area contributed by atoms with Gasteiger partial charge in [0.2, 0.25) is 0 Å². The van der Waals surface area contributed by atoms with Crippen molar-refractivity contribution < 1.29 is 24.2 Å². The first-order chi connectivity index (χ1) is 16.8. The van der Waals surface area contributed by atoms with Gasteiger partial charge in [0.05, 0.1) is 47.4 Å². The van der Waals surface area contributed by atoms with Crippen molar-refractivity contribution in [1.29, 1.82) is 0 Å². The summed E-state index contributed by atoms with van der Waals surface area (Å²) in [5.74, 6) is -0.430. The van der Waals surface area contributed by atoms with Crippen LogP contribution < -0.4 is 4.74 Å². The third-order valence-electron chi connectivity index (χ3n) is 5.44. The summed E-state index contributed by atoms with van der Waals surface area (Å²) in [6.07, 6.45) is 5.74. The van der Waals surface area contributed by atoms with Crippen LogP contribution in [0.15, 0.2) is 48.2 Å². The molecule has 3 rings (SSSR count). The highest BCUT2D eigenvalue weighted by Crippen LogP contribution is 2.28. The van der Waals surface area contributed by atoms with E-state index < -0.39 is 11.9 Å². The first kappa shape index (κ1) is 26.3. The molecule has 0 aliphatic carbocycles. The summed E-state index contributed by atoms with van der Waals surface area (Å²) < 4.78 is 12.1. The van der Waals surface area contributed by atoms with Crippen molar-refractivity contribution >= 4 is 41.2 Å². The number of esters is 1. The molecule has 184 valence electrons. The van der Waals surface area contributed by atoms with Crippen molar-refractivity contribution in [2.75, 3.05) is 14.2 Å². The summed E-state index contributed by atoms with van der Waals surface area (Å²) in [7, 11) is 2.81. The first-order valence-corrected chi connectivity index (χ1v) is 11.8. The number of carboxylic acid groups (broad SMARTS) is 1. The quantitative estimate of drug-likeness (QED) is 0.261. The number of imidazole rings is 1. The smallest absolute Gasteiger partial charge is 0.340 e. The number of benzene rings is 2. The Morgan fingerprint density at radius 3 is 2.51 bits per heavy atom. The van der Waals surface area contributed by atoms with E-state index in [0.29, 0.717) is 45.0 Å². The maximum absolute atomic E-state index is 12.6. The van der Waals surface area contributed by atoms with Crippen LogP contribution in [0.5, 0.6) is 5.75 Å². The number of hydrogen-bond acceptors (Lipinski definition) is 5. The van der Waals surface area contributed by atoms with Crippen LogP contribution in [0.25, 0.3) is 11.8 Å². The number of carbonyl (C=O) groups excluding carboxylic acids is 1. The molecule has 0 saturated carbocycles. The lowest BCUT2D eigenvalue weighted by Gasteiger charge is -2.16. The zero-order valence-electron chi connectivity index (χ0n) is 19.7. The predicted octanol–water partition coefficient (Wildman–Crippen LogP) is 6.03. The van der Waals surface area contributed by atoms with Gasteiger partial charge in [0.1, 0.15) is 11.6 Å². The Balaban J connectivity index is 2.17. The van der Waals surface area contributed by atoms with Gasteiger partial charge in [-0.25, -0.2) is 14.6 Å². The van der Waals surface area contributed by atoms with E-state index in [1.165, 1.54) is 14.2 Å². The summed E-state index contributed by atoms with van der Waals surface area (Å²) in [5, 5.41) is 10.7. The molecule has 1 heterocycles. The van der Waals surface area contributed by atoms with E-state index in [2.05, 4.69) is 11.9 Å². The predicted molar refractivity (Wildman–Crippen MR) is 136 cm³/mol. The van der Waals surface area contributed by atoms with Crippen molar-refractivity contribution in [2.24, 2.45) is 0 Å². The molecule has 0 radical (unpaired) electrons. The number of halogens is 2. The standard InChI is InChI=1S/C26H26Cl2N2O5/c1-4-5-6-24-29-15-18(13-17(25(31)32)11-16-7-9-21(27)22(28)12-16)30(24)23-10-8-19(34-2)14-20(23)26(33)35-3/h7-10,12-15H,4-6,11H2,1-3H3,(H,31,32). The van der Waals surface area contributed by atoms with Gasteiger partial charge >= 0.3 is 11.9 Å². The fourth-order valence-corrected chi connectivity index (χ4v) is 3.96. The number of aromatic nitrogens is 2. The van der Waals surface area contributed by atoms with E-state index in [-0.39, 0.29) is 17.6 Å². The van der Waals surface area contributed by atoms with Gasteiger partial charge in [0.25, 0.3) is 0 Å². The molecule has 2 aromatic carbocycles. The summed E-state index contributed by atoms with van der Waals surface area (Å²) >= 11 is 12.1. The molecule has 1 N–H and O–H groups in total. The number of carbonyl (C=O) groups is 2. The van der Waals surface area contributed by atoms with Gasteiger partial charge in [-0.05, 0) is 48.4 Å². The van der Waals surface area contributed by atoms with Gasteiger partial charge in [-0.2, -0.15) is 0 Å². The van der Waals surface area contributed by atoms with E-state index in [1.807, 2.05) is 0 Å². The highest BCUT2D eigenvalue weighted by atomic mass is 35.5. The summed E-state index contributed by atoms with van der Waals surface area (Å²) in [6.45, 7) is 2.07. The Bertz CT molecular complexity index is 1270. The highest BCUT2D eigenvalue weighted by molar-refractivity contribution is 6.42. The zero-order chi connectivity index (χ0) is 25.5. The van der Waals surface area contributed by atoms with Crippen LogP contribution in [0, 0.1) is 0 Å². The SMILES string of the molecule is CCCCc1ncc(C=C(Cc2ccc(Cl)c(Cl)c2)C(=O)O)n1-c1ccc(OC)cc1C(=O)OC. The molecule has 0 atom stereocenters. The number of nitrogens with zero attached hydrogens (tertiary/aromatic N) is 2. The van der Waals surface area contributed by atoms with Crippen molar-refractivity contribution in [2.45, 2.75) is 32.6 Å². The number of unbranched alkanes of at least 4 members (excludes halogenated alkanes) is 1. The second-order valence-electron chi connectivity index (χ2n) is 7.81. The minimum Gasteiger partial charge on any atom is -0.497 e. The Hall–Kier alpha value is -3.29. The van der Waals surface area contributed by atoms with Crippen LogP contribution in [0.2, 0.25) is 10.0 Å². The molecular formula is C26H26Cl2N2O5. The second kappa shape index (κ2) is 11.9. The fourth-order valence-electron chi connectivity index (χ4n) is 3.64. The topological polar surface area (TPSA) is 90.6 Å². The number of aryl methyl sites for hydroxylation is 1. The minimum atomic E-state index is -1.08. The number of hydrogen-bond donors (Lipinski definition) is 1. The van der Waals surface area contributed by atoms with Crippen molar-refractivity contribution in [3.8, 4) is 11.4 Å². The lowest BCUT2D eigenvalue weighted by molar-refractivity contribution is -0.132. The summed E-state index contributed by atoms with van der Waals surface area (Å²) in [5.41, 5.74) is 2.14. The second-order valence-corrected chi connectivity index (χ2v) is 8.63.